The number of carbonyl (C=O) groups excluding carboxylic acids is 4. The van der Waals surface area contributed by atoms with Gasteiger partial charge in [0, 0.05) is 12.5 Å². The first-order valence-corrected chi connectivity index (χ1v) is 6.46. The average molecular weight is 283 g/mol. The van der Waals surface area contributed by atoms with E-state index in [9.17, 15) is 19.2 Å². The number of ether oxygens (including phenoxy) is 1. The molecule has 6 nitrogen and oxygen atoms in total. The van der Waals surface area contributed by atoms with Gasteiger partial charge in [0.1, 0.15) is 6.29 Å². The highest BCUT2D eigenvalue weighted by molar-refractivity contribution is 6.34. The van der Waals surface area contributed by atoms with E-state index >= 15 is 0 Å². The van der Waals surface area contributed by atoms with E-state index in [0.717, 1.165) is 19.8 Å². The van der Waals surface area contributed by atoms with Gasteiger partial charge in [-0.1, -0.05) is 25.8 Å². The number of esters is 1. The van der Waals surface area contributed by atoms with Crippen molar-refractivity contribution in [3.05, 3.63) is 11.6 Å². The summed E-state index contributed by atoms with van der Waals surface area (Å²) < 4.78 is 4.23. The largest absolute Gasteiger partial charge is 0.463 e. The summed E-state index contributed by atoms with van der Waals surface area (Å²) in [6, 6.07) is 0. The lowest BCUT2D eigenvalue weighted by Gasteiger charge is -2.10. The molecule has 0 aliphatic heterocycles. The molecule has 20 heavy (non-hydrogen) atoms. The van der Waals surface area contributed by atoms with Crippen LogP contribution in [0.3, 0.4) is 0 Å². The van der Waals surface area contributed by atoms with E-state index in [4.69, 9.17) is 0 Å². The quantitative estimate of drug-likeness (QED) is 0.292. The summed E-state index contributed by atoms with van der Waals surface area (Å²) in [6.45, 7) is 3.63. The molecule has 0 saturated heterocycles. The van der Waals surface area contributed by atoms with Crippen LogP contribution in [0, 0.1) is 5.92 Å². The van der Waals surface area contributed by atoms with Crippen LogP contribution in [-0.2, 0) is 23.9 Å². The van der Waals surface area contributed by atoms with Crippen LogP contribution in [0.15, 0.2) is 11.6 Å². The normalized spacial score (nSPS) is 12.4. The number of carbonyl (C=O) groups is 4. The van der Waals surface area contributed by atoms with Crippen molar-refractivity contribution >= 4 is 23.9 Å². The maximum atomic E-state index is 11.6. The lowest BCUT2D eigenvalue weighted by Crippen LogP contribution is -2.32. The van der Waals surface area contributed by atoms with Crippen molar-refractivity contribution in [2.24, 2.45) is 5.92 Å². The SMILES string of the molecule is CCC(C)C/C(=C/C(=O)NCC(=O)C(=O)OC)CC=O. The van der Waals surface area contributed by atoms with Crippen LogP contribution in [0.5, 0.6) is 0 Å². The van der Waals surface area contributed by atoms with Gasteiger partial charge in [0.15, 0.2) is 0 Å². The molecule has 0 aromatic rings. The Labute approximate surface area is 118 Å². The maximum absolute atomic E-state index is 11.6. The lowest BCUT2D eigenvalue weighted by molar-refractivity contribution is -0.151. The second-order valence-corrected chi connectivity index (χ2v) is 4.52. The third-order valence-corrected chi connectivity index (χ3v) is 2.82. The molecule has 0 spiro atoms. The fourth-order valence-corrected chi connectivity index (χ4v) is 1.49. The molecule has 0 bridgehead atoms. The van der Waals surface area contributed by atoms with Gasteiger partial charge in [-0.15, -0.1) is 0 Å². The fraction of sp³-hybridized carbons (Fsp3) is 0.571. The molecule has 0 aromatic carbocycles. The number of amides is 1. The van der Waals surface area contributed by atoms with Crippen molar-refractivity contribution in [2.45, 2.75) is 33.1 Å². The molecular weight excluding hydrogens is 262 g/mol. The molecule has 0 aliphatic rings. The van der Waals surface area contributed by atoms with Gasteiger partial charge in [-0.2, -0.15) is 0 Å². The van der Waals surface area contributed by atoms with Crippen molar-refractivity contribution in [2.75, 3.05) is 13.7 Å². The summed E-state index contributed by atoms with van der Waals surface area (Å²) in [5.41, 5.74) is 0.706. The minimum atomic E-state index is -0.998. The van der Waals surface area contributed by atoms with Crippen molar-refractivity contribution in [1.82, 2.24) is 5.32 Å². The van der Waals surface area contributed by atoms with E-state index < -0.39 is 24.2 Å². The topological polar surface area (TPSA) is 89.5 Å². The highest BCUT2D eigenvalue weighted by Gasteiger charge is 2.14. The Morgan fingerprint density at radius 2 is 1.95 bits per heavy atom. The Kier molecular flexibility index (Phi) is 8.91. The number of hydrogen-bond donors (Lipinski definition) is 1. The maximum Gasteiger partial charge on any atom is 0.376 e. The van der Waals surface area contributed by atoms with Crippen LogP contribution in [-0.4, -0.2) is 37.6 Å². The Morgan fingerprint density at radius 1 is 1.30 bits per heavy atom. The molecule has 0 aromatic heterocycles. The zero-order chi connectivity index (χ0) is 15.5. The highest BCUT2D eigenvalue weighted by Crippen LogP contribution is 2.16. The highest BCUT2D eigenvalue weighted by atomic mass is 16.5. The Hall–Kier alpha value is -1.98. The molecule has 0 saturated carbocycles. The number of methoxy groups -OCH3 is 1. The summed E-state index contributed by atoms with van der Waals surface area (Å²) >= 11 is 0. The van der Waals surface area contributed by atoms with Gasteiger partial charge >= 0.3 is 5.97 Å². The predicted octanol–water partition coefficient (Wildman–Crippen LogP) is 0.796. The van der Waals surface area contributed by atoms with Gasteiger partial charge in [0.25, 0.3) is 5.78 Å². The molecule has 112 valence electrons. The number of nitrogens with one attached hydrogen (secondary N) is 1. The molecule has 1 N–H and O–H groups in total. The minimum Gasteiger partial charge on any atom is -0.463 e. The van der Waals surface area contributed by atoms with Crippen LogP contribution >= 0.6 is 0 Å². The summed E-state index contributed by atoms with van der Waals surface area (Å²) in [5.74, 6) is -1.96. The smallest absolute Gasteiger partial charge is 0.376 e. The Balaban J connectivity index is 4.48. The second-order valence-electron chi connectivity index (χ2n) is 4.52. The monoisotopic (exact) mass is 283 g/mol. The van der Waals surface area contributed by atoms with Gasteiger partial charge < -0.3 is 14.8 Å². The lowest BCUT2D eigenvalue weighted by atomic mass is 9.97. The van der Waals surface area contributed by atoms with Crippen LogP contribution in [0.1, 0.15) is 33.1 Å². The van der Waals surface area contributed by atoms with Gasteiger partial charge in [0.05, 0.1) is 13.7 Å². The summed E-state index contributed by atoms with van der Waals surface area (Å²) in [5, 5.41) is 2.30. The van der Waals surface area contributed by atoms with E-state index in [-0.39, 0.29) is 6.42 Å². The van der Waals surface area contributed by atoms with E-state index in [2.05, 4.69) is 10.1 Å². The zero-order valence-corrected chi connectivity index (χ0v) is 12.1. The van der Waals surface area contributed by atoms with E-state index in [1.165, 1.54) is 6.08 Å². The van der Waals surface area contributed by atoms with Crippen LogP contribution < -0.4 is 5.32 Å². The first kappa shape index (κ1) is 18.0. The summed E-state index contributed by atoms with van der Waals surface area (Å²) in [7, 11) is 1.09. The molecule has 0 aliphatic carbocycles. The summed E-state index contributed by atoms with van der Waals surface area (Å²) in [6.07, 6.45) is 3.82. The molecular formula is C14H21NO5. The molecule has 0 fully saturated rings. The number of aldehydes is 1. The number of hydrogen-bond acceptors (Lipinski definition) is 5. The standard InChI is InChI=1S/C14H21NO5/c1-4-10(2)7-11(5-6-16)8-13(18)15-9-12(17)14(19)20-3/h6,8,10H,4-5,7,9H2,1-3H3,(H,15,18)/b11-8+. The molecule has 0 heterocycles. The second kappa shape index (κ2) is 9.89. The van der Waals surface area contributed by atoms with Gasteiger partial charge in [-0.05, 0) is 12.3 Å². The van der Waals surface area contributed by atoms with Crippen LogP contribution in [0.25, 0.3) is 0 Å². The van der Waals surface area contributed by atoms with Gasteiger partial charge in [-0.3, -0.25) is 9.59 Å². The van der Waals surface area contributed by atoms with Crippen LogP contribution in [0.4, 0.5) is 0 Å². The zero-order valence-electron chi connectivity index (χ0n) is 12.1. The van der Waals surface area contributed by atoms with Gasteiger partial charge in [-0.25, -0.2) is 4.79 Å². The number of ketones is 1. The predicted molar refractivity (Wildman–Crippen MR) is 72.9 cm³/mol. The summed E-state index contributed by atoms with van der Waals surface area (Å²) in [4.78, 5) is 44.2. The first-order valence-electron chi connectivity index (χ1n) is 6.46. The molecule has 0 radical (unpaired) electrons. The Morgan fingerprint density at radius 3 is 2.45 bits per heavy atom. The molecule has 0 rings (SSSR count). The van der Waals surface area contributed by atoms with E-state index in [1.807, 2.05) is 13.8 Å². The number of rotatable bonds is 9. The molecule has 6 heteroatoms. The minimum absolute atomic E-state index is 0.183. The Bertz CT molecular complexity index is 400. The molecule has 1 unspecified atom stereocenters. The van der Waals surface area contributed by atoms with Crippen molar-refractivity contribution < 1.29 is 23.9 Å². The van der Waals surface area contributed by atoms with E-state index in [1.54, 1.807) is 0 Å². The van der Waals surface area contributed by atoms with Crippen molar-refractivity contribution in [1.29, 1.82) is 0 Å². The third kappa shape index (κ3) is 7.45. The van der Waals surface area contributed by atoms with E-state index in [0.29, 0.717) is 17.9 Å². The molecule has 1 amide bonds. The first-order chi connectivity index (χ1) is 9.44. The number of allylic oxidation sites excluding steroid dienone is 1. The van der Waals surface area contributed by atoms with Crippen molar-refractivity contribution in [3.63, 3.8) is 0 Å². The fourth-order valence-electron chi connectivity index (χ4n) is 1.49. The third-order valence-electron chi connectivity index (χ3n) is 2.82. The van der Waals surface area contributed by atoms with Gasteiger partial charge in [0.2, 0.25) is 5.91 Å². The number of Topliss-reactive ketones (excluding diaryl/α,β-unsaturated/α-hetero) is 1. The van der Waals surface area contributed by atoms with Crippen LogP contribution in [0.2, 0.25) is 0 Å². The molecule has 1 atom stereocenters. The van der Waals surface area contributed by atoms with Crippen molar-refractivity contribution in [3.8, 4) is 0 Å². The average Bonchev–Trinajstić information content (AvgIpc) is 2.43.